The number of rotatable bonds is 5. The van der Waals surface area contributed by atoms with E-state index in [-0.39, 0.29) is 5.56 Å². The molecule has 0 unspecified atom stereocenters. The zero-order valence-electron chi connectivity index (χ0n) is 18.7. The summed E-state index contributed by atoms with van der Waals surface area (Å²) in [5.41, 5.74) is 3.13. The highest BCUT2D eigenvalue weighted by molar-refractivity contribution is 7.89. The first-order valence-corrected chi connectivity index (χ1v) is 13.7. The second-order valence-electron chi connectivity index (χ2n) is 8.65. The van der Waals surface area contributed by atoms with Gasteiger partial charge in [-0.05, 0) is 78.7 Å². The molecule has 1 aromatic heterocycles. The van der Waals surface area contributed by atoms with Crippen molar-refractivity contribution in [1.29, 1.82) is 0 Å². The summed E-state index contributed by atoms with van der Waals surface area (Å²) in [6.07, 6.45) is 3.49. The summed E-state index contributed by atoms with van der Waals surface area (Å²) in [5, 5.41) is 4.92. The van der Waals surface area contributed by atoms with E-state index in [1.807, 2.05) is 24.3 Å². The predicted octanol–water partition coefficient (Wildman–Crippen LogP) is 4.88. The first-order valence-electron chi connectivity index (χ1n) is 11.4. The number of carbonyl (C=O) groups is 1. The lowest BCUT2D eigenvalue weighted by Crippen LogP contribution is -2.36. The number of hydrogen-bond donors (Lipinski definition) is 1. The molecule has 9 heteroatoms. The van der Waals surface area contributed by atoms with E-state index in [4.69, 9.17) is 0 Å². The Kier molecular flexibility index (Phi) is 6.42. The monoisotopic (exact) mass is 499 g/mol. The zero-order valence-corrected chi connectivity index (χ0v) is 20.3. The van der Waals surface area contributed by atoms with Crippen LogP contribution in [-0.4, -0.2) is 38.3 Å². The van der Waals surface area contributed by atoms with Gasteiger partial charge in [-0.15, -0.1) is 11.3 Å². The molecule has 0 aliphatic carbocycles. The number of benzene rings is 2. The van der Waals surface area contributed by atoms with Crippen LogP contribution in [0.2, 0.25) is 0 Å². The molecule has 0 radical (unpaired) electrons. The highest BCUT2D eigenvalue weighted by atomic mass is 32.2. The molecule has 0 saturated carbocycles. The standard InChI is InChI=1S/C25H26FN3O3S2/c26-22-9-4-18(16-24(22)34(31,32)29-12-2-1-3-13-29)25(30)27-20-5-7-21(8-6-20)28-14-10-23-19(17-28)11-15-33-23/h4-9,11,15-16H,1-3,10,12-14,17H2,(H,27,30). The van der Waals surface area contributed by atoms with Crippen LogP contribution in [0.15, 0.2) is 58.8 Å². The molecule has 0 bridgehead atoms. The van der Waals surface area contributed by atoms with E-state index in [0.29, 0.717) is 18.8 Å². The molecular weight excluding hydrogens is 473 g/mol. The molecule has 6 nitrogen and oxygen atoms in total. The topological polar surface area (TPSA) is 69.7 Å². The lowest BCUT2D eigenvalue weighted by Gasteiger charge is -2.29. The van der Waals surface area contributed by atoms with E-state index >= 15 is 0 Å². The van der Waals surface area contributed by atoms with Gasteiger partial charge in [-0.2, -0.15) is 4.31 Å². The molecule has 2 aliphatic rings. The van der Waals surface area contributed by atoms with Crippen molar-refractivity contribution in [2.24, 2.45) is 0 Å². The zero-order chi connectivity index (χ0) is 23.7. The van der Waals surface area contributed by atoms with Crippen molar-refractivity contribution < 1.29 is 17.6 Å². The Balaban J connectivity index is 1.29. The SMILES string of the molecule is O=C(Nc1ccc(N2CCc3sccc3C2)cc1)c1ccc(F)c(S(=O)(=O)N2CCCCC2)c1. The van der Waals surface area contributed by atoms with Crippen LogP contribution >= 0.6 is 11.3 Å². The minimum absolute atomic E-state index is 0.0991. The average Bonchev–Trinajstić information content (AvgIpc) is 3.33. The van der Waals surface area contributed by atoms with Gasteiger partial charge in [0.1, 0.15) is 10.7 Å². The van der Waals surface area contributed by atoms with Crippen molar-refractivity contribution in [3.8, 4) is 0 Å². The number of halogens is 1. The molecule has 34 heavy (non-hydrogen) atoms. The van der Waals surface area contributed by atoms with E-state index < -0.39 is 26.6 Å². The second kappa shape index (κ2) is 9.48. The van der Waals surface area contributed by atoms with Gasteiger partial charge in [0, 0.05) is 48.0 Å². The molecule has 1 saturated heterocycles. The molecule has 178 valence electrons. The molecule has 0 spiro atoms. The largest absolute Gasteiger partial charge is 0.367 e. The quantitative estimate of drug-likeness (QED) is 0.544. The molecule has 2 aromatic carbocycles. The normalized spacial score (nSPS) is 16.8. The van der Waals surface area contributed by atoms with Gasteiger partial charge >= 0.3 is 0 Å². The molecule has 1 fully saturated rings. The van der Waals surface area contributed by atoms with Gasteiger partial charge in [0.25, 0.3) is 5.91 Å². The number of nitrogens with zero attached hydrogens (tertiary/aromatic N) is 2. The van der Waals surface area contributed by atoms with Crippen LogP contribution in [0.1, 0.15) is 40.1 Å². The number of anilines is 2. The van der Waals surface area contributed by atoms with E-state index in [1.54, 1.807) is 11.3 Å². The minimum Gasteiger partial charge on any atom is -0.367 e. The van der Waals surface area contributed by atoms with E-state index in [2.05, 4.69) is 21.7 Å². The third kappa shape index (κ3) is 4.60. The molecule has 2 aliphatic heterocycles. The van der Waals surface area contributed by atoms with Gasteiger partial charge in [0.05, 0.1) is 0 Å². The van der Waals surface area contributed by atoms with Gasteiger partial charge in [-0.1, -0.05) is 6.42 Å². The lowest BCUT2D eigenvalue weighted by molar-refractivity contribution is 0.102. The molecule has 3 aromatic rings. The van der Waals surface area contributed by atoms with Crippen molar-refractivity contribution in [3.63, 3.8) is 0 Å². The third-order valence-electron chi connectivity index (χ3n) is 6.42. The van der Waals surface area contributed by atoms with Gasteiger partial charge < -0.3 is 10.2 Å². The van der Waals surface area contributed by atoms with E-state index in [0.717, 1.165) is 56.6 Å². The Hall–Kier alpha value is -2.75. The van der Waals surface area contributed by atoms with Crippen molar-refractivity contribution in [3.05, 3.63) is 75.7 Å². The minimum atomic E-state index is -3.98. The maximum atomic E-state index is 14.5. The van der Waals surface area contributed by atoms with Crippen molar-refractivity contribution >= 4 is 38.6 Å². The summed E-state index contributed by atoms with van der Waals surface area (Å²) in [6.45, 7) is 2.56. The number of thiophene rings is 1. The Morgan fingerprint density at radius 1 is 0.971 bits per heavy atom. The van der Waals surface area contributed by atoms with Crippen LogP contribution in [0.3, 0.4) is 0 Å². The third-order valence-corrected chi connectivity index (χ3v) is 9.36. The van der Waals surface area contributed by atoms with Gasteiger partial charge in [0.2, 0.25) is 10.0 Å². The van der Waals surface area contributed by atoms with Crippen LogP contribution in [0.4, 0.5) is 15.8 Å². The Morgan fingerprint density at radius 3 is 2.50 bits per heavy atom. The molecule has 1 N–H and O–H groups in total. The Bertz CT molecular complexity index is 1300. The van der Waals surface area contributed by atoms with Crippen LogP contribution < -0.4 is 10.2 Å². The Morgan fingerprint density at radius 2 is 1.74 bits per heavy atom. The number of amides is 1. The number of hydrogen-bond acceptors (Lipinski definition) is 5. The van der Waals surface area contributed by atoms with Crippen LogP contribution in [0, 0.1) is 5.82 Å². The van der Waals surface area contributed by atoms with Crippen LogP contribution in [-0.2, 0) is 23.0 Å². The summed E-state index contributed by atoms with van der Waals surface area (Å²) in [7, 11) is -3.98. The first-order chi connectivity index (χ1) is 16.4. The van der Waals surface area contributed by atoms with Crippen molar-refractivity contribution in [1.82, 2.24) is 4.31 Å². The summed E-state index contributed by atoms with van der Waals surface area (Å²) >= 11 is 1.80. The fourth-order valence-electron chi connectivity index (χ4n) is 4.51. The summed E-state index contributed by atoms with van der Waals surface area (Å²) in [6, 6.07) is 13.2. The summed E-state index contributed by atoms with van der Waals surface area (Å²) < 4.78 is 41.6. The smallest absolute Gasteiger partial charge is 0.255 e. The number of fused-ring (bicyclic) bond motifs is 1. The maximum absolute atomic E-state index is 14.5. The van der Waals surface area contributed by atoms with Gasteiger partial charge in [0.15, 0.2) is 0 Å². The molecule has 3 heterocycles. The van der Waals surface area contributed by atoms with E-state index in [1.165, 1.54) is 20.8 Å². The lowest BCUT2D eigenvalue weighted by atomic mass is 10.1. The molecule has 5 rings (SSSR count). The summed E-state index contributed by atoms with van der Waals surface area (Å²) in [4.78, 5) is 16.1. The van der Waals surface area contributed by atoms with Gasteiger partial charge in [-0.25, -0.2) is 12.8 Å². The Labute approximate surface area is 203 Å². The average molecular weight is 500 g/mol. The fraction of sp³-hybridized carbons (Fsp3) is 0.320. The second-order valence-corrected chi connectivity index (χ2v) is 11.6. The van der Waals surface area contributed by atoms with Crippen LogP contribution in [0.25, 0.3) is 0 Å². The number of sulfonamides is 1. The molecule has 1 amide bonds. The molecule has 0 atom stereocenters. The van der Waals surface area contributed by atoms with Crippen molar-refractivity contribution in [2.75, 3.05) is 29.9 Å². The maximum Gasteiger partial charge on any atom is 0.255 e. The van der Waals surface area contributed by atoms with E-state index in [9.17, 15) is 17.6 Å². The predicted molar refractivity (Wildman–Crippen MR) is 132 cm³/mol. The number of nitrogens with one attached hydrogen (secondary N) is 1. The first kappa shape index (κ1) is 23.0. The summed E-state index contributed by atoms with van der Waals surface area (Å²) in [5.74, 6) is -1.33. The highest BCUT2D eigenvalue weighted by Gasteiger charge is 2.29. The number of piperidine rings is 1. The highest BCUT2D eigenvalue weighted by Crippen LogP contribution is 2.29. The molecular formula is C25H26FN3O3S2. The number of carbonyl (C=O) groups excluding carboxylic acids is 1. The fourth-order valence-corrected chi connectivity index (χ4v) is 7.01. The van der Waals surface area contributed by atoms with Crippen molar-refractivity contribution in [2.45, 2.75) is 37.1 Å². The van der Waals surface area contributed by atoms with Gasteiger partial charge in [-0.3, -0.25) is 4.79 Å². The van der Waals surface area contributed by atoms with Crippen LogP contribution in [0.5, 0.6) is 0 Å².